The normalized spacial score (nSPS) is 28.5. The Labute approximate surface area is 66.5 Å². The minimum absolute atomic E-state index is 0.626. The van der Waals surface area contributed by atoms with E-state index in [0.717, 1.165) is 13.0 Å². The summed E-state index contributed by atoms with van der Waals surface area (Å²) in [5.74, 6) is 0. The van der Waals surface area contributed by atoms with Crippen LogP contribution in [0.2, 0.25) is 0 Å². The zero-order valence-corrected chi connectivity index (χ0v) is 8.77. The van der Waals surface area contributed by atoms with Gasteiger partial charge in [0.15, 0.2) is 0 Å². The molecule has 0 aromatic heterocycles. The highest BCUT2D eigenvalue weighted by Crippen LogP contribution is 2.37. The van der Waals surface area contributed by atoms with Crippen LogP contribution in [-0.4, -0.2) is 11.2 Å². The molecular weight excluding hydrogens is 187 g/mol. The number of nitrogens with one attached hydrogen (secondary N) is 2. The van der Waals surface area contributed by atoms with Gasteiger partial charge in [-0.05, 0) is 6.42 Å². The molecule has 1 aliphatic heterocycles. The van der Waals surface area contributed by atoms with Crippen molar-refractivity contribution >= 4 is 26.6 Å². The Bertz CT molecular complexity index is 89.1. The first-order valence-electron chi connectivity index (χ1n) is 3.13. The molecule has 0 amide bonds. The molecule has 0 bridgehead atoms. The Morgan fingerprint density at radius 1 is 1.40 bits per heavy atom. The second-order valence-electron chi connectivity index (χ2n) is 1.73. The van der Waals surface area contributed by atoms with E-state index >= 15 is 0 Å². The number of rotatable bonds is 3. The molecule has 7 heteroatoms. The first kappa shape index (κ1) is 9.22. The van der Waals surface area contributed by atoms with Crippen LogP contribution in [-0.2, 0) is 4.84 Å². The van der Waals surface area contributed by atoms with E-state index < -0.39 is 0 Å². The van der Waals surface area contributed by atoms with Crippen molar-refractivity contribution in [2.24, 2.45) is 0 Å². The minimum Gasteiger partial charge on any atom is -0.290 e. The molecule has 10 heavy (non-hydrogen) atoms. The van der Waals surface area contributed by atoms with Gasteiger partial charge in [0.05, 0.1) is 24.4 Å². The van der Waals surface area contributed by atoms with Crippen LogP contribution in [0.5, 0.6) is 0 Å². The average Bonchev–Trinajstić information content (AvgIpc) is 2.03. The van der Waals surface area contributed by atoms with Gasteiger partial charge >= 0.3 is 0 Å². The van der Waals surface area contributed by atoms with Crippen LogP contribution in [0.25, 0.3) is 0 Å². The van der Waals surface area contributed by atoms with Gasteiger partial charge in [0.1, 0.15) is 0 Å². The molecule has 0 spiro atoms. The Morgan fingerprint density at radius 3 is 2.70 bits per heavy atom. The topological polar surface area (TPSA) is 36.5 Å². The van der Waals surface area contributed by atoms with Crippen LogP contribution in [0.3, 0.4) is 0 Å². The van der Waals surface area contributed by atoms with Crippen molar-refractivity contribution in [1.29, 1.82) is 0 Å². The summed E-state index contributed by atoms with van der Waals surface area (Å²) in [6.07, 6.45) is 1.08. The highest BCUT2D eigenvalue weighted by Gasteiger charge is 2.07. The van der Waals surface area contributed by atoms with Crippen LogP contribution in [0.4, 0.5) is 0 Å². The van der Waals surface area contributed by atoms with Gasteiger partial charge in [-0.1, -0.05) is 6.92 Å². The van der Waals surface area contributed by atoms with E-state index in [1.807, 2.05) is 4.60 Å². The van der Waals surface area contributed by atoms with Crippen LogP contribution >= 0.6 is 26.6 Å². The molecule has 2 atom stereocenters. The van der Waals surface area contributed by atoms with Crippen LogP contribution < -0.4 is 9.72 Å². The molecule has 0 saturated carbocycles. The Morgan fingerprint density at radius 2 is 2.10 bits per heavy atom. The fourth-order valence-corrected chi connectivity index (χ4v) is 4.08. The van der Waals surface area contributed by atoms with Crippen molar-refractivity contribution in [2.75, 3.05) is 6.61 Å². The molecular formula is C3H12N3OP3. The van der Waals surface area contributed by atoms with Crippen molar-refractivity contribution in [2.45, 2.75) is 13.3 Å². The van der Waals surface area contributed by atoms with Crippen molar-refractivity contribution in [3.8, 4) is 0 Å². The lowest BCUT2D eigenvalue weighted by Crippen LogP contribution is -2.16. The van der Waals surface area contributed by atoms with Crippen molar-refractivity contribution in [1.82, 2.24) is 14.3 Å². The first-order chi connectivity index (χ1) is 4.93. The maximum Gasteiger partial charge on any atom is 0.0691 e. The van der Waals surface area contributed by atoms with E-state index in [2.05, 4.69) is 16.6 Å². The summed E-state index contributed by atoms with van der Waals surface area (Å²) >= 11 is 0. The Kier molecular flexibility index (Phi) is 5.29. The maximum atomic E-state index is 5.37. The second-order valence-corrected chi connectivity index (χ2v) is 5.68. The van der Waals surface area contributed by atoms with Gasteiger partial charge in [0.25, 0.3) is 0 Å². The molecule has 60 valence electrons. The van der Waals surface area contributed by atoms with E-state index in [1.165, 1.54) is 0 Å². The minimum atomic E-state index is 0.626. The summed E-state index contributed by atoms with van der Waals surface area (Å²) in [6, 6.07) is 0. The molecule has 0 aromatic carbocycles. The molecule has 2 N–H and O–H groups in total. The molecule has 1 aliphatic rings. The van der Waals surface area contributed by atoms with Crippen molar-refractivity contribution < 1.29 is 4.84 Å². The van der Waals surface area contributed by atoms with E-state index in [9.17, 15) is 0 Å². The third-order valence-electron chi connectivity index (χ3n) is 0.864. The molecule has 0 aromatic rings. The predicted octanol–water partition coefficient (Wildman–Crippen LogP) is 1.35. The van der Waals surface area contributed by atoms with Crippen LogP contribution in [0, 0.1) is 0 Å². The highest BCUT2D eigenvalue weighted by molar-refractivity contribution is 7.65. The molecule has 1 saturated heterocycles. The fourth-order valence-electron chi connectivity index (χ4n) is 0.464. The van der Waals surface area contributed by atoms with E-state index in [-0.39, 0.29) is 0 Å². The molecule has 1 rings (SSSR count). The van der Waals surface area contributed by atoms with Crippen molar-refractivity contribution in [3.63, 3.8) is 0 Å². The SMILES string of the molecule is CCCON1PNPNP1. The lowest BCUT2D eigenvalue weighted by molar-refractivity contribution is -0.00493. The smallest absolute Gasteiger partial charge is 0.0691 e. The number of hydrogen-bond acceptors (Lipinski definition) is 4. The number of hydrogen-bond donors (Lipinski definition) is 2. The Hall–Kier alpha value is 1.13. The van der Waals surface area contributed by atoms with Gasteiger partial charge < -0.3 is 0 Å². The van der Waals surface area contributed by atoms with Gasteiger partial charge in [0.2, 0.25) is 0 Å². The summed E-state index contributed by atoms with van der Waals surface area (Å²) in [4.78, 5) is 11.8. The monoisotopic (exact) mass is 199 g/mol. The summed E-state index contributed by atoms with van der Waals surface area (Å²) in [6.45, 7) is 2.94. The molecule has 4 nitrogen and oxygen atoms in total. The largest absolute Gasteiger partial charge is 0.290 e. The zero-order valence-electron chi connectivity index (χ0n) is 5.77. The molecule has 0 radical (unpaired) electrons. The van der Waals surface area contributed by atoms with Gasteiger partial charge in [0, 0.05) is 8.88 Å². The maximum absolute atomic E-state index is 5.37. The molecule has 0 aliphatic carbocycles. The summed E-state index contributed by atoms with van der Waals surface area (Å²) in [5.41, 5.74) is 0. The lowest BCUT2D eigenvalue weighted by Gasteiger charge is -2.25. The summed E-state index contributed by atoms with van der Waals surface area (Å²) < 4.78 is 1.94. The zero-order chi connectivity index (χ0) is 7.23. The van der Waals surface area contributed by atoms with Gasteiger partial charge in [-0.3, -0.25) is 14.6 Å². The third-order valence-corrected chi connectivity index (χ3v) is 4.09. The van der Waals surface area contributed by atoms with Crippen LogP contribution in [0.15, 0.2) is 0 Å². The van der Waals surface area contributed by atoms with E-state index in [0.29, 0.717) is 26.6 Å². The molecule has 1 fully saturated rings. The standard InChI is InChI=1S/C3H12N3OP3/c1-2-3-7-6-9-4-8-5-10-6/h4-5,8-10H,2-3H2,1H3. The fraction of sp³-hybridized carbons (Fsp3) is 1.00. The summed E-state index contributed by atoms with van der Waals surface area (Å²) in [5, 5.41) is 0. The number of nitrogens with zero attached hydrogens (tertiary/aromatic N) is 1. The predicted molar refractivity (Wildman–Crippen MR) is 49.3 cm³/mol. The molecule has 2 unspecified atom stereocenters. The van der Waals surface area contributed by atoms with Gasteiger partial charge in [-0.2, -0.15) is 0 Å². The quantitative estimate of drug-likeness (QED) is 0.672. The summed E-state index contributed by atoms with van der Waals surface area (Å²) in [7, 11) is 1.95. The highest BCUT2D eigenvalue weighted by atomic mass is 31.2. The lowest BCUT2D eigenvalue weighted by atomic mass is 10.5. The van der Waals surface area contributed by atoms with Crippen molar-refractivity contribution in [3.05, 3.63) is 0 Å². The molecule has 1 heterocycles. The first-order valence-corrected chi connectivity index (χ1v) is 6.02. The Balaban J connectivity index is 2.02. The van der Waals surface area contributed by atoms with E-state index in [1.54, 1.807) is 0 Å². The second kappa shape index (κ2) is 5.74. The van der Waals surface area contributed by atoms with E-state index in [4.69, 9.17) is 4.84 Å². The third kappa shape index (κ3) is 3.50. The van der Waals surface area contributed by atoms with Gasteiger partial charge in [-0.25, -0.2) is 0 Å². The van der Waals surface area contributed by atoms with Gasteiger partial charge in [-0.15, -0.1) is 4.60 Å². The average molecular weight is 199 g/mol. The van der Waals surface area contributed by atoms with Crippen LogP contribution in [0.1, 0.15) is 13.3 Å².